The van der Waals surface area contributed by atoms with Crippen LogP contribution < -0.4 is 9.47 Å². The Bertz CT molecular complexity index is 1180. The molecule has 0 aliphatic heterocycles. The first-order chi connectivity index (χ1) is 22.2. The van der Waals surface area contributed by atoms with Crippen molar-refractivity contribution < 1.29 is 29.3 Å². The van der Waals surface area contributed by atoms with E-state index in [0.717, 1.165) is 47.0 Å². The molecule has 2 unspecified atom stereocenters. The van der Waals surface area contributed by atoms with Crippen LogP contribution in [0.5, 0.6) is 11.5 Å². The zero-order chi connectivity index (χ0) is 32.1. The molecule has 1 aromatic rings. The number of ether oxygens (including phenoxy) is 2. The van der Waals surface area contributed by atoms with E-state index in [0.29, 0.717) is 12.8 Å². The number of allylic oxidation sites excluding steroid dienone is 2. The fraction of sp³-hybridized carbons (Fsp3) is 0.700. The Kier molecular flexibility index (Phi) is 8.99. The van der Waals surface area contributed by atoms with Crippen LogP contribution in [0.2, 0.25) is 0 Å². The number of carbonyl (C=O) groups is 2. The molecule has 0 saturated heterocycles. The molecule has 8 bridgehead atoms. The van der Waals surface area contributed by atoms with E-state index >= 15 is 0 Å². The first-order valence-corrected chi connectivity index (χ1v) is 18.3. The van der Waals surface area contributed by atoms with E-state index in [9.17, 15) is 19.8 Å². The summed E-state index contributed by atoms with van der Waals surface area (Å²) in [5, 5.41) is 21.7. The summed E-state index contributed by atoms with van der Waals surface area (Å²) >= 11 is 0. The van der Waals surface area contributed by atoms with Crippen molar-refractivity contribution in [3.63, 3.8) is 0 Å². The van der Waals surface area contributed by atoms with E-state index in [-0.39, 0.29) is 48.5 Å². The first kappa shape index (κ1) is 32.1. The second-order valence-corrected chi connectivity index (χ2v) is 16.6. The maximum absolute atomic E-state index is 11.8. The Morgan fingerprint density at radius 1 is 0.652 bits per heavy atom. The van der Waals surface area contributed by atoms with Gasteiger partial charge in [0.25, 0.3) is 0 Å². The van der Waals surface area contributed by atoms with Crippen LogP contribution in [0.15, 0.2) is 37.4 Å². The van der Waals surface area contributed by atoms with Crippen LogP contribution >= 0.6 is 0 Å². The lowest BCUT2D eigenvalue weighted by atomic mass is 9.46. The molecule has 0 heterocycles. The van der Waals surface area contributed by atoms with Gasteiger partial charge in [0.1, 0.15) is 24.7 Å². The molecule has 1 aromatic carbocycles. The minimum absolute atomic E-state index is 0.0720. The second-order valence-electron chi connectivity index (χ2n) is 16.6. The molecular weight excluding hydrogens is 576 g/mol. The zero-order valence-electron chi connectivity index (χ0n) is 27.6. The molecule has 8 aliphatic carbocycles. The highest BCUT2D eigenvalue weighted by atomic mass is 16.5. The molecule has 9 rings (SSSR count). The molecule has 0 radical (unpaired) electrons. The highest BCUT2D eigenvalue weighted by Crippen LogP contribution is 2.65. The summed E-state index contributed by atoms with van der Waals surface area (Å²) < 4.78 is 13.2. The summed E-state index contributed by atoms with van der Waals surface area (Å²) in [7, 11) is 0. The summed E-state index contributed by atoms with van der Waals surface area (Å²) in [5.74, 6) is 6.14. The lowest BCUT2D eigenvalue weighted by molar-refractivity contribution is -0.116. The smallest absolute Gasteiger partial charge is 0.155 e. The summed E-state index contributed by atoms with van der Waals surface area (Å²) in [4.78, 5) is 23.7. The number of carbonyl (C=O) groups excluding carboxylic acids is 2. The SMILES string of the molecule is C=CC(=O)CCC(O)COc1cc(OCC(O)CCC(=O)C=C)c(C23CC4CC(CC(C4)C2)C3)cc1C12CC3CC(CC(C3)C1)C2. The van der Waals surface area contributed by atoms with Crippen LogP contribution in [0.25, 0.3) is 0 Å². The van der Waals surface area contributed by atoms with Crippen molar-refractivity contribution in [1.82, 2.24) is 0 Å². The minimum Gasteiger partial charge on any atom is -0.490 e. The number of ketones is 2. The predicted molar refractivity (Wildman–Crippen MR) is 178 cm³/mol. The highest BCUT2D eigenvalue weighted by molar-refractivity contribution is 5.89. The summed E-state index contributed by atoms with van der Waals surface area (Å²) in [6, 6.07) is 4.59. The maximum atomic E-state index is 11.8. The largest absolute Gasteiger partial charge is 0.490 e. The number of hydrogen-bond donors (Lipinski definition) is 2. The van der Waals surface area contributed by atoms with Gasteiger partial charge in [0.05, 0.1) is 12.2 Å². The number of aliphatic hydroxyl groups excluding tert-OH is 2. The Balaban J connectivity index is 1.25. The van der Waals surface area contributed by atoms with Gasteiger partial charge in [0.2, 0.25) is 0 Å². The number of aliphatic hydroxyl groups is 2. The van der Waals surface area contributed by atoms with Gasteiger partial charge in [-0.3, -0.25) is 9.59 Å². The fourth-order valence-electron chi connectivity index (χ4n) is 11.9. The third-order valence-electron chi connectivity index (χ3n) is 13.1. The first-order valence-electron chi connectivity index (χ1n) is 18.3. The topological polar surface area (TPSA) is 93.1 Å². The van der Waals surface area contributed by atoms with E-state index in [1.807, 2.05) is 0 Å². The van der Waals surface area contributed by atoms with Crippen molar-refractivity contribution in [3.8, 4) is 11.5 Å². The Morgan fingerprint density at radius 2 is 0.978 bits per heavy atom. The molecule has 8 fully saturated rings. The quantitative estimate of drug-likeness (QED) is 0.188. The lowest BCUT2D eigenvalue weighted by Gasteiger charge is -2.58. The van der Waals surface area contributed by atoms with Gasteiger partial charge in [-0.15, -0.1) is 0 Å². The summed E-state index contributed by atoms with van der Waals surface area (Å²) in [5.41, 5.74) is 2.81. The van der Waals surface area contributed by atoms with Crippen LogP contribution in [0.1, 0.15) is 114 Å². The molecule has 250 valence electrons. The van der Waals surface area contributed by atoms with Crippen molar-refractivity contribution in [2.45, 2.75) is 126 Å². The number of benzene rings is 1. The average Bonchev–Trinajstić information content (AvgIpc) is 3.02. The molecular formula is C40H54O6. The van der Waals surface area contributed by atoms with Crippen LogP contribution in [0.3, 0.4) is 0 Å². The Labute approximate surface area is 275 Å². The van der Waals surface area contributed by atoms with Crippen molar-refractivity contribution in [3.05, 3.63) is 48.6 Å². The number of rotatable bonds is 16. The Hall–Kier alpha value is -2.44. The third-order valence-corrected chi connectivity index (χ3v) is 13.1. The molecule has 2 N–H and O–H groups in total. The summed E-state index contributed by atoms with van der Waals surface area (Å²) in [6.45, 7) is 7.35. The van der Waals surface area contributed by atoms with Crippen LogP contribution in [-0.2, 0) is 20.4 Å². The van der Waals surface area contributed by atoms with Gasteiger partial charge in [0.15, 0.2) is 11.6 Å². The molecule has 46 heavy (non-hydrogen) atoms. The van der Waals surface area contributed by atoms with Gasteiger partial charge in [-0.25, -0.2) is 0 Å². The second kappa shape index (κ2) is 12.9. The lowest BCUT2D eigenvalue weighted by Crippen LogP contribution is -2.50. The van der Waals surface area contributed by atoms with E-state index in [1.54, 1.807) is 0 Å². The number of hydrogen-bond acceptors (Lipinski definition) is 6. The van der Waals surface area contributed by atoms with Gasteiger partial charge in [0, 0.05) is 30.0 Å². The third kappa shape index (κ3) is 6.38. The van der Waals surface area contributed by atoms with Crippen LogP contribution in [0.4, 0.5) is 0 Å². The van der Waals surface area contributed by atoms with E-state index in [4.69, 9.17) is 9.47 Å². The molecule has 0 amide bonds. The van der Waals surface area contributed by atoms with Gasteiger partial charge in [-0.05, 0) is 154 Å². The zero-order valence-corrected chi connectivity index (χ0v) is 27.6. The van der Waals surface area contributed by atoms with Gasteiger partial charge in [-0.2, -0.15) is 0 Å². The highest BCUT2D eigenvalue weighted by Gasteiger charge is 2.55. The minimum atomic E-state index is -0.760. The monoisotopic (exact) mass is 630 g/mol. The Morgan fingerprint density at radius 3 is 1.28 bits per heavy atom. The van der Waals surface area contributed by atoms with Gasteiger partial charge >= 0.3 is 0 Å². The van der Waals surface area contributed by atoms with Crippen molar-refractivity contribution >= 4 is 11.6 Å². The standard InChI is InChI=1S/C40H54O6/c1-3-31(41)5-7-33(43)23-45-37-16-38(46-24-34(44)8-6-32(42)4-2)36(40-20-28-12-29(21-40)14-30(13-28)22-40)15-35(37)39-17-25-9-26(18-39)11-27(10-25)19-39/h3-4,15-16,25-30,33-34,43-44H,1-2,5-14,17-24H2. The molecule has 0 aromatic heterocycles. The van der Waals surface area contributed by atoms with Crippen molar-refractivity contribution in [1.29, 1.82) is 0 Å². The normalized spacial score (nSPS) is 36.3. The molecule has 8 saturated carbocycles. The molecule has 2 atom stereocenters. The maximum Gasteiger partial charge on any atom is 0.155 e. The predicted octanol–water partition coefficient (Wildman–Crippen LogP) is 7.17. The van der Waals surface area contributed by atoms with Crippen molar-refractivity contribution in [2.24, 2.45) is 35.5 Å². The van der Waals surface area contributed by atoms with Gasteiger partial charge in [-0.1, -0.05) is 13.2 Å². The van der Waals surface area contributed by atoms with E-state index in [1.165, 1.54) is 100 Å². The molecule has 0 spiro atoms. The molecule has 6 heteroatoms. The summed E-state index contributed by atoms with van der Waals surface area (Å²) in [6.07, 6.45) is 17.7. The fourth-order valence-corrected chi connectivity index (χ4v) is 11.9. The van der Waals surface area contributed by atoms with E-state index in [2.05, 4.69) is 25.3 Å². The van der Waals surface area contributed by atoms with Crippen LogP contribution in [-0.4, -0.2) is 47.2 Å². The van der Waals surface area contributed by atoms with Gasteiger partial charge < -0.3 is 19.7 Å². The molecule has 6 nitrogen and oxygen atoms in total. The van der Waals surface area contributed by atoms with E-state index < -0.39 is 12.2 Å². The van der Waals surface area contributed by atoms with Crippen molar-refractivity contribution in [2.75, 3.05) is 13.2 Å². The van der Waals surface area contributed by atoms with Crippen LogP contribution in [0, 0.1) is 35.5 Å². The molecule has 8 aliphatic rings. The average molecular weight is 631 g/mol.